The third-order valence-electron chi connectivity index (χ3n) is 10.7. The van der Waals surface area contributed by atoms with Crippen LogP contribution in [0, 0.1) is 11.8 Å². The predicted octanol–water partition coefficient (Wildman–Crippen LogP) is 8.15. The van der Waals surface area contributed by atoms with Gasteiger partial charge < -0.3 is 9.22 Å². The van der Waals surface area contributed by atoms with Crippen molar-refractivity contribution >= 4 is 32.4 Å². The number of nitrogens with zero attached hydrogens (tertiary/aromatic N) is 2. The van der Waals surface area contributed by atoms with Gasteiger partial charge in [-0.05, 0) is 45.3 Å². The van der Waals surface area contributed by atoms with Crippen molar-refractivity contribution in [1.82, 2.24) is 4.98 Å². The molecule has 5 aromatic rings. The summed E-state index contributed by atoms with van der Waals surface area (Å²) in [5.74, 6) is 1.32. The second-order valence-electron chi connectivity index (χ2n) is 12.1. The van der Waals surface area contributed by atoms with Gasteiger partial charge in [-0.2, -0.15) is 0 Å². The predicted molar refractivity (Wildman–Crippen MR) is 164 cm³/mol. The molecule has 3 aliphatic rings. The Morgan fingerprint density at radius 1 is 0.925 bits per heavy atom. The smallest absolute Gasteiger partial charge is 0.136 e. The van der Waals surface area contributed by atoms with E-state index >= 15 is 0 Å². The van der Waals surface area contributed by atoms with Gasteiger partial charge in [-0.3, -0.25) is 4.98 Å². The van der Waals surface area contributed by atoms with Crippen molar-refractivity contribution in [3.63, 3.8) is 0 Å². The number of piperidine rings is 1. The van der Waals surface area contributed by atoms with E-state index in [2.05, 4.69) is 109 Å². The van der Waals surface area contributed by atoms with Crippen molar-refractivity contribution in [2.24, 2.45) is 11.8 Å². The van der Waals surface area contributed by atoms with Crippen LogP contribution in [0.4, 0.5) is 0 Å². The molecule has 1 aromatic heterocycles. The maximum absolute atomic E-state index is 6.78. The Hall–Kier alpha value is -3.79. The SMILES string of the molecule is C=CCO[C@H](c1ccnc2ccccc12)C1CC23C(C=C)C2CC[N+]13Cc1c2ccccc2cc2ccccc12. The standard InChI is InChI=1S/C37H35N2O/c1-3-21-40-36(30-17-19-38-34-16-10-9-15-29(30)34)35-23-37-32(4-2)33(37)18-20-39(35,37)24-31-27-13-7-5-11-25(27)22-26-12-6-8-14-28(26)31/h3-17,19,22,32-33,35-36H,1-2,18,20-21,23-24H2/q+1/t32?,33?,35?,36-,37?,39?/m1/s1. The van der Waals surface area contributed by atoms with E-state index in [1.807, 2.05) is 12.3 Å². The summed E-state index contributed by atoms with van der Waals surface area (Å²) in [7, 11) is 0. The fourth-order valence-corrected chi connectivity index (χ4v) is 9.09. The van der Waals surface area contributed by atoms with Crippen LogP contribution in [0.25, 0.3) is 32.4 Å². The normalized spacial score (nSPS) is 29.1. The van der Waals surface area contributed by atoms with Crippen LogP contribution in [0.5, 0.6) is 0 Å². The van der Waals surface area contributed by atoms with Gasteiger partial charge >= 0.3 is 0 Å². The van der Waals surface area contributed by atoms with Gasteiger partial charge in [0.25, 0.3) is 0 Å². The van der Waals surface area contributed by atoms with E-state index in [1.54, 1.807) is 0 Å². The molecule has 3 heteroatoms. The zero-order chi connectivity index (χ0) is 26.9. The van der Waals surface area contributed by atoms with Crippen molar-refractivity contribution in [2.75, 3.05) is 13.2 Å². The number of ether oxygens (including phenoxy) is 1. The molecular formula is C37H35N2O+. The lowest BCUT2D eigenvalue weighted by molar-refractivity contribution is -1.03. The summed E-state index contributed by atoms with van der Waals surface area (Å²) in [4.78, 5) is 4.68. The highest BCUT2D eigenvalue weighted by molar-refractivity contribution is 6.02. The van der Waals surface area contributed by atoms with Crippen LogP contribution in [0.3, 0.4) is 0 Å². The van der Waals surface area contributed by atoms with E-state index < -0.39 is 0 Å². The summed E-state index contributed by atoms with van der Waals surface area (Å²) in [6, 6.07) is 31.3. The monoisotopic (exact) mass is 523 g/mol. The molecule has 3 nitrogen and oxygen atoms in total. The first-order valence-corrected chi connectivity index (χ1v) is 14.7. The lowest BCUT2D eigenvalue weighted by atomic mass is 9.77. The molecule has 1 spiro atoms. The molecule has 3 heterocycles. The number of hydrogen-bond donors (Lipinski definition) is 0. The third-order valence-corrected chi connectivity index (χ3v) is 10.7. The maximum atomic E-state index is 6.78. The average molecular weight is 524 g/mol. The molecular weight excluding hydrogens is 488 g/mol. The van der Waals surface area contributed by atoms with Crippen LogP contribution >= 0.6 is 0 Å². The largest absolute Gasteiger partial charge is 0.363 e. The number of fused-ring (bicyclic) bond motifs is 3. The van der Waals surface area contributed by atoms with Crippen LogP contribution in [-0.4, -0.2) is 34.2 Å². The Kier molecular flexibility index (Phi) is 5.32. The van der Waals surface area contributed by atoms with Crippen molar-refractivity contribution in [3.05, 3.63) is 128 Å². The highest BCUT2D eigenvalue weighted by atomic mass is 16.5. The minimum absolute atomic E-state index is 0.0254. The number of para-hydroxylation sites is 1. The van der Waals surface area contributed by atoms with Gasteiger partial charge in [0.2, 0.25) is 0 Å². The molecule has 8 rings (SSSR count). The van der Waals surface area contributed by atoms with E-state index in [0.717, 1.165) is 22.5 Å². The van der Waals surface area contributed by atoms with E-state index in [4.69, 9.17) is 4.74 Å². The Labute approximate surface area is 236 Å². The van der Waals surface area contributed by atoms with E-state index in [0.29, 0.717) is 18.6 Å². The van der Waals surface area contributed by atoms with Crippen LogP contribution in [0.15, 0.2) is 116 Å². The van der Waals surface area contributed by atoms with Gasteiger partial charge in [-0.25, -0.2) is 0 Å². The first kappa shape index (κ1) is 24.0. The topological polar surface area (TPSA) is 22.1 Å². The molecule has 0 amide bonds. The summed E-state index contributed by atoms with van der Waals surface area (Å²) in [5, 5.41) is 6.61. The average Bonchev–Trinajstić information content (AvgIpc) is 3.60. The van der Waals surface area contributed by atoms with E-state index in [1.165, 1.54) is 57.4 Å². The van der Waals surface area contributed by atoms with Gasteiger partial charge in [0.15, 0.2) is 0 Å². The molecule has 6 atom stereocenters. The van der Waals surface area contributed by atoms with Gasteiger partial charge in [-0.15, -0.1) is 13.2 Å². The zero-order valence-corrected chi connectivity index (χ0v) is 22.9. The van der Waals surface area contributed by atoms with Crippen molar-refractivity contribution in [3.8, 4) is 0 Å². The molecule has 4 aromatic carbocycles. The minimum atomic E-state index is -0.0254. The molecule has 1 saturated carbocycles. The third kappa shape index (κ3) is 3.11. The molecule has 198 valence electrons. The number of benzene rings is 4. The fourth-order valence-electron chi connectivity index (χ4n) is 9.09. The number of quaternary nitrogens is 1. The van der Waals surface area contributed by atoms with Crippen LogP contribution in [-0.2, 0) is 11.3 Å². The van der Waals surface area contributed by atoms with Crippen LogP contribution in [0.1, 0.15) is 30.1 Å². The maximum Gasteiger partial charge on any atom is 0.136 e. The van der Waals surface area contributed by atoms with Crippen molar-refractivity contribution < 1.29 is 9.22 Å². The Bertz CT molecular complexity index is 1750. The minimum Gasteiger partial charge on any atom is -0.363 e. The van der Waals surface area contributed by atoms with Crippen LogP contribution < -0.4 is 0 Å². The fraction of sp³-hybridized carbons (Fsp3) is 0.270. The summed E-state index contributed by atoms with van der Waals surface area (Å²) in [6.45, 7) is 11.1. The second kappa shape index (κ2) is 8.86. The van der Waals surface area contributed by atoms with E-state index in [-0.39, 0.29) is 11.6 Å². The van der Waals surface area contributed by atoms with Gasteiger partial charge in [0.1, 0.15) is 24.2 Å². The summed E-state index contributed by atoms with van der Waals surface area (Å²) in [6.07, 6.45) is 8.52. The molecule has 2 aliphatic heterocycles. The Morgan fingerprint density at radius 3 is 2.33 bits per heavy atom. The highest BCUT2D eigenvalue weighted by Crippen LogP contribution is 2.76. The van der Waals surface area contributed by atoms with Gasteiger partial charge in [0, 0.05) is 35.4 Å². The van der Waals surface area contributed by atoms with E-state index in [9.17, 15) is 0 Å². The molecule has 5 unspecified atom stereocenters. The first-order valence-electron chi connectivity index (χ1n) is 14.7. The zero-order valence-electron chi connectivity index (χ0n) is 22.9. The number of aromatic nitrogens is 1. The molecule has 3 fully saturated rings. The molecule has 0 N–H and O–H groups in total. The lowest BCUT2D eigenvalue weighted by Gasteiger charge is -2.60. The first-order chi connectivity index (χ1) is 19.7. The number of hydrogen-bond acceptors (Lipinski definition) is 2. The Balaban J connectivity index is 1.32. The number of pyridine rings is 1. The van der Waals surface area contributed by atoms with Crippen molar-refractivity contribution in [1.29, 1.82) is 0 Å². The molecule has 40 heavy (non-hydrogen) atoms. The Morgan fingerprint density at radius 2 is 1.62 bits per heavy atom. The molecule has 2 saturated heterocycles. The van der Waals surface area contributed by atoms with Crippen molar-refractivity contribution in [2.45, 2.75) is 37.1 Å². The second-order valence-corrected chi connectivity index (χ2v) is 12.1. The molecule has 1 aliphatic carbocycles. The van der Waals surface area contributed by atoms with Gasteiger partial charge in [-0.1, -0.05) is 78.9 Å². The molecule has 0 bridgehead atoms. The summed E-state index contributed by atoms with van der Waals surface area (Å²) < 4.78 is 7.87. The quantitative estimate of drug-likeness (QED) is 0.116. The lowest BCUT2D eigenvalue weighted by Crippen LogP contribution is -2.73. The summed E-state index contributed by atoms with van der Waals surface area (Å²) in [5.41, 5.74) is 4.05. The summed E-state index contributed by atoms with van der Waals surface area (Å²) >= 11 is 0. The number of rotatable bonds is 8. The van der Waals surface area contributed by atoms with Crippen LogP contribution in [0.2, 0.25) is 0 Å². The van der Waals surface area contributed by atoms with Gasteiger partial charge in [0.05, 0.1) is 25.1 Å². The molecule has 0 radical (unpaired) electrons. The highest BCUT2D eigenvalue weighted by Gasteiger charge is 2.87.